The van der Waals surface area contributed by atoms with Crippen molar-refractivity contribution in [3.05, 3.63) is 161 Å². The number of anilines is 9. The summed E-state index contributed by atoms with van der Waals surface area (Å²) in [7, 11) is -1.27. The Kier molecular flexibility index (Phi) is 34.4. The highest BCUT2D eigenvalue weighted by molar-refractivity contribution is 6.46. The molecule has 4 atom stereocenters. The van der Waals surface area contributed by atoms with Gasteiger partial charge in [-0.05, 0) is 235 Å². The number of rotatable bonds is 15. The van der Waals surface area contributed by atoms with Crippen LogP contribution in [-0.4, -0.2) is 227 Å². The second-order valence-corrected chi connectivity index (χ2v) is 27.4. The lowest BCUT2D eigenvalue weighted by molar-refractivity contribution is -0.141. The number of hydrogen-bond acceptors (Lipinski definition) is 21. The molecular formula is C75H93B2Cl3N14O17. The molecule has 0 saturated carbocycles. The summed E-state index contributed by atoms with van der Waals surface area (Å²) in [6.45, 7) is 11.0. The maximum atomic E-state index is 12.8. The molecule has 31 nitrogen and oxygen atoms in total. The van der Waals surface area contributed by atoms with Gasteiger partial charge in [-0.3, -0.25) is 38.4 Å². The Morgan fingerprint density at radius 2 is 0.802 bits per heavy atom. The number of amides is 9. The van der Waals surface area contributed by atoms with Crippen LogP contribution >= 0.6 is 35.6 Å². The first kappa shape index (κ1) is 87.0. The maximum Gasteiger partial charge on any atom is 0.377 e. The molecule has 8 heterocycles. The van der Waals surface area contributed by atoms with Crippen LogP contribution in [0, 0.1) is 4.91 Å². The molecule has 592 valence electrons. The van der Waals surface area contributed by atoms with Gasteiger partial charge in [0.25, 0.3) is 23.6 Å². The quantitative estimate of drug-likeness (QED) is 0.0266. The van der Waals surface area contributed by atoms with Crippen LogP contribution in [0.25, 0.3) is 0 Å². The van der Waals surface area contributed by atoms with Gasteiger partial charge in [-0.25, -0.2) is 4.79 Å². The van der Waals surface area contributed by atoms with Crippen LogP contribution in [-0.2, 0) is 57.3 Å². The summed E-state index contributed by atoms with van der Waals surface area (Å²) < 4.78 is 20.4. The second kappa shape index (κ2) is 43.8. The Bertz CT molecular complexity index is 4070. The summed E-state index contributed by atoms with van der Waals surface area (Å²) in [6, 6.07) is 40.4. The zero-order valence-electron chi connectivity index (χ0n) is 61.7. The number of halogens is 3. The van der Waals surface area contributed by atoms with E-state index in [2.05, 4.69) is 31.8 Å². The minimum Gasteiger partial charge on any atom is -0.480 e. The number of carboxylic acids is 1. The van der Waals surface area contributed by atoms with E-state index in [1.54, 1.807) is 145 Å². The van der Waals surface area contributed by atoms with Crippen molar-refractivity contribution in [3.8, 4) is 0 Å². The number of carbonyl (C=O) groups is 9. The van der Waals surface area contributed by atoms with E-state index >= 15 is 0 Å². The predicted molar refractivity (Wildman–Crippen MR) is 429 cm³/mol. The molecule has 0 aromatic heterocycles. The number of nitrogens with one attached hydrogen (secondary N) is 5. The topological polar surface area (TPSA) is 390 Å². The van der Waals surface area contributed by atoms with Gasteiger partial charge in [0, 0.05) is 94.0 Å². The van der Waals surface area contributed by atoms with Crippen LogP contribution in [0.1, 0.15) is 51.4 Å². The minimum atomic E-state index is -0.830. The van der Waals surface area contributed by atoms with E-state index in [1.807, 2.05) is 48.5 Å². The third-order valence-corrected chi connectivity index (χ3v) is 19.3. The molecule has 8 aliphatic rings. The Hall–Kier alpha value is -9.61. The van der Waals surface area contributed by atoms with Gasteiger partial charge in [0.05, 0.1) is 38.5 Å². The number of urea groups is 1. The van der Waals surface area contributed by atoms with Crippen LogP contribution in [0.5, 0.6) is 0 Å². The van der Waals surface area contributed by atoms with Crippen molar-refractivity contribution in [2.45, 2.75) is 89.2 Å². The van der Waals surface area contributed by atoms with Gasteiger partial charge in [-0.1, -0.05) is 23.2 Å². The average Bonchev–Trinajstić information content (AvgIpc) is 1.82. The van der Waals surface area contributed by atoms with Crippen LogP contribution in [0.15, 0.2) is 151 Å². The molecule has 8 fully saturated rings. The highest BCUT2D eigenvalue weighted by Crippen LogP contribution is 2.28. The number of benzene rings is 6. The Morgan fingerprint density at radius 1 is 0.459 bits per heavy atom. The van der Waals surface area contributed by atoms with Gasteiger partial charge in [0.15, 0.2) is 0 Å². The van der Waals surface area contributed by atoms with Crippen molar-refractivity contribution < 1.29 is 77.3 Å². The molecule has 36 heteroatoms. The van der Waals surface area contributed by atoms with Gasteiger partial charge in [0.2, 0.25) is 17.7 Å². The van der Waals surface area contributed by atoms with E-state index in [0.717, 1.165) is 80.1 Å². The predicted octanol–water partition coefficient (Wildman–Crippen LogP) is 8.08. The number of hydrogen-bond donors (Lipinski definition) is 9. The monoisotopic (exact) mass is 1590 g/mol. The Labute approximate surface area is 660 Å². The lowest BCUT2D eigenvalue weighted by Crippen LogP contribution is -2.46. The summed E-state index contributed by atoms with van der Waals surface area (Å²) in [5.41, 5.74) is 12.6. The van der Waals surface area contributed by atoms with E-state index in [0.29, 0.717) is 117 Å². The normalized spacial score (nSPS) is 19.6. The molecule has 0 unspecified atom stereocenters. The first-order valence-corrected chi connectivity index (χ1v) is 37.2. The fourth-order valence-corrected chi connectivity index (χ4v) is 13.4. The van der Waals surface area contributed by atoms with Crippen molar-refractivity contribution >= 4 is 160 Å². The second-order valence-electron chi connectivity index (χ2n) is 26.5. The molecule has 6 aromatic rings. The van der Waals surface area contributed by atoms with Crippen molar-refractivity contribution in [1.82, 2.24) is 19.8 Å². The van der Waals surface area contributed by atoms with E-state index in [9.17, 15) is 53.1 Å². The number of nitrogens with zero attached hydrogens (tertiary/aromatic N) is 8. The van der Waals surface area contributed by atoms with Crippen molar-refractivity contribution in [2.75, 3.05) is 152 Å². The van der Waals surface area contributed by atoms with E-state index in [1.165, 1.54) is 0 Å². The average molecular weight is 1590 g/mol. The number of morpholine rings is 4. The summed E-state index contributed by atoms with van der Waals surface area (Å²) in [5.74, 6) is -1.35. The van der Waals surface area contributed by atoms with Crippen LogP contribution in [0.3, 0.4) is 0 Å². The summed E-state index contributed by atoms with van der Waals surface area (Å²) in [6.07, 6.45) is 6.44. The molecule has 0 spiro atoms. The number of nitrogens with two attached hydrogens (primary N) is 1. The molecule has 10 N–H and O–H groups in total. The fraction of sp³-hybridized carbons (Fsp3) is 0.400. The van der Waals surface area contributed by atoms with E-state index in [-0.39, 0.29) is 98.3 Å². The molecule has 0 radical (unpaired) electrons. The lowest BCUT2D eigenvalue weighted by atomic mass is 9.84. The number of carboxylic acid groups (broad SMARTS) is 1. The molecule has 0 bridgehead atoms. The van der Waals surface area contributed by atoms with Crippen LogP contribution < -0.4 is 51.9 Å². The molecule has 9 amide bonds. The Balaban J connectivity index is 0.000000175. The number of likely N-dealkylation sites (tertiary alicyclic amines) is 1. The molecule has 6 aromatic carbocycles. The molecule has 111 heavy (non-hydrogen) atoms. The highest BCUT2D eigenvalue weighted by atomic mass is 35.5. The molecule has 0 aliphatic carbocycles. The van der Waals surface area contributed by atoms with Crippen molar-refractivity contribution in [1.29, 1.82) is 0 Å². The minimum absolute atomic E-state index is 0. The summed E-state index contributed by atoms with van der Waals surface area (Å²) >= 11 is 11.4. The SMILES string of the molecule is CB(O)N1CCC[C@@H]1C(=O)Nc1ccc(N2CCOCC2=O)cc1.CB(O)N1CCC[C@@H]1C(=O)O.Cl.Nc1ccc(N2CCOCC2=O)cc1.O=C(Nc1ccc(N2CCOCC2=O)cc1)[C@H]1CCCN1.O=C(Nc1ccc(N2CCOCC2=O)cc1)[C@H]1CCCN1C(=O)Nc1ccc(Cl)cc1.O=Nc1ccc(Cl)cc1. The summed E-state index contributed by atoms with van der Waals surface area (Å²) in [5, 5.41) is 46.1. The number of ether oxygens (including phenoxy) is 4. The van der Waals surface area contributed by atoms with E-state index < -0.39 is 32.2 Å². The molecule has 8 aliphatic heterocycles. The third kappa shape index (κ3) is 26.0. The van der Waals surface area contributed by atoms with Crippen LogP contribution in [0.2, 0.25) is 23.7 Å². The first-order chi connectivity index (χ1) is 53.0. The Morgan fingerprint density at radius 3 is 1.17 bits per heavy atom. The van der Waals surface area contributed by atoms with Gasteiger partial charge < -0.3 is 101 Å². The largest absolute Gasteiger partial charge is 0.480 e. The highest BCUT2D eigenvalue weighted by Gasteiger charge is 2.38. The van der Waals surface area contributed by atoms with E-state index in [4.69, 9.17) is 58.0 Å². The molecule has 14 rings (SSSR count). The molecular weight excluding hydrogens is 1500 g/mol. The third-order valence-electron chi connectivity index (χ3n) is 18.8. The number of carbonyl (C=O) groups excluding carboxylic acids is 8. The smallest absolute Gasteiger partial charge is 0.377 e. The zero-order valence-corrected chi connectivity index (χ0v) is 64.0. The summed E-state index contributed by atoms with van der Waals surface area (Å²) in [4.78, 5) is 129. The standard InChI is InChI=1S/C22H23ClN4O4.C16H22BN3O4.C15H19N3O3.C10H12N2O2.C6H12BNO3.C6H4ClNO.ClH/c23-15-3-5-17(6-4-15)25-22(30)27-11-1-2-19(27)21(29)24-16-7-9-18(10-8-16)26-12-13-31-14-20(26)28;1-17(23)20-8-2-3-14(20)16(22)18-12-4-6-13(7-5-12)19-9-10-24-11-15(19)21;19-14-10-21-9-8-18(14)12-5-3-11(4-6-12)17-15(20)13-2-1-7-16-13;11-8-1-3-9(4-2-8)12-5-6-14-7-10(12)13;1-7(11)8-4-2-3-5(8)6(9)10;7-5-1-3-6(8-9)4-2-5;/h3-10,19H,1-2,11-14H2,(H,24,29)(H,25,30);4-7,14,23H,2-3,8-11H2,1H3,(H,18,22);3-6,13,16H,1-2,7-10H2,(H,17,20);1-4H,5-7,11H2;5,11H,2-4H2,1H3,(H,9,10);1-4H;1H/t19-;14-;13-;;5-;;/m111.1../s1. The number of aliphatic carboxylic acids is 1. The number of nitrogen functional groups attached to an aromatic ring is 1. The fourth-order valence-electron chi connectivity index (χ4n) is 13.1. The van der Waals surface area contributed by atoms with Gasteiger partial charge in [-0.2, -0.15) is 0 Å². The van der Waals surface area contributed by atoms with Crippen molar-refractivity contribution in [2.24, 2.45) is 5.18 Å². The zero-order chi connectivity index (χ0) is 78.6. The van der Waals surface area contributed by atoms with Gasteiger partial charge in [-0.15, -0.1) is 17.3 Å². The lowest BCUT2D eigenvalue weighted by Gasteiger charge is -2.27. The van der Waals surface area contributed by atoms with Gasteiger partial charge in [0.1, 0.15) is 44.2 Å². The first-order valence-electron chi connectivity index (χ1n) is 36.4. The van der Waals surface area contributed by atoms with Crippen molar-refractivity contribution in [3.63, 3.8) is 0 Å². The van der Waals surface area contributed by atoms with Crippen LogP contribution in [0.4, 0.5) is 61.7 Å². The number of nitroso groups, excluding NO2 is 1. The maximum absolute atomic E-state index is 12.8. The molecule has 8 saturated heterocycles. The van der Waals surface area contributed by atoms with Gasteiger partial charge >= 0.3 is 26.1 Å².